The van der Waals surface area contributed by atoms with Crippen molar-refractivity contribution in [2.45, 2.75) is 56.0 Å². The largest absolute Gasteiger partial charge is 0.394 e. The van der Waals surface area contributed by atoms with Crippen LogP contribution in [0.15, 0.2) is 0 Å². The van der Waals surface area contributed by atoms with Gasteiger partial charge in [0, 0.05) is 12.6 Å². The maximum Gasteiger partial charge on any atom is 0.241 e. The molecule has 1 amide bonds. The summed E-state index contributed by atoms with van der Waals surface area (Å²) in [5.74, 6) is 0.277. The number of fused-ring (bicyclic) bond motifs is 2. The second-order valence-corrected chi connectivity index (χ2v) is 6.51. The fraction of sp³-hybridized carbons (Fsp3) is 0.867. The zero-order valence-corrected chi connectivity index (χ0v) is 13.7. The Kier molecular flexibility index (Phi) is 6.23. The van der Waals surface area contributed by atoms with Crippen molar-refractivity contribution in [3.8, 4) is 6.07 Å². The number of piperidine rings is 1. The van der Waals surface area contributed by atoms with E-state index in [2.05, 4.69) is 11.4 Å². The van der Waals surface area contributed by atoms with Crippen LogP contribution >= 0.6 is 12.4 Å². The second-order valence-electron chi connectivity index (χ2n) is 6.51. The SMILES string of the molecule is Cl.N#C[C@@H]1CCCN1C(=O)[C@H]1N[C@@H]2C[C@H]1C[C@H]2OC[C@H](O)CO. The quantitative estimate of drug-likeness (QED) is 0.615. The van der Waals surface area contributed by atoms with Gasteiger partial charge < -0.3 is 25.2 Å². The van der Waals surface area contributed by atoms with E-state index in [4.69, 9.17) is 15.1 Å². The number of carbonyl (C=O) groups is 1. The number of ether oxygens (including phenoxy) is 1. The van der Waals surface area contributed by atoms with Gasteiger partial charge in [-0.15, -0.1) is 12.4 Å². The predicted molar refractivity (Wildman–Crippen MR) is 83.9 cm³/mol. The number of likely N-dealkylation sites (tertiary alicyclic amines) is 1. The van der Waals surface area contributed by atoms with E-state index in [9.17, 15) is 9.90 Å². The average Bonchev–Trinajstić information content (AvgIpc) is 3.25. The molecule has 130 valence electrons. The van der Waals surface area contributed by atoms with Crippen LogP contribution in [-0.2, 0) is 9.53 Å². The van der Waals surface area contributed by atoms with Gasteiger partial charge >= 0.3 is 0 Å². The summed E-state index contributed by atoms with van der Waals surface area (Å²) < 4.78 is 5.64. The molecule has 1 aliphatic carbocycles. The number of hydrogen-bond donors (Lipinski definition) is 3. The summed E-state index contributed by atoms with van der Waals surface area (Å²) in [7, 11) is 0. The van der Waals surface area contributed by atoms with Gasteiger partial charge in [0.15, 0.2) is 0 Å². The smallest absolute Gasteiger partial charge is 0.241 e. The minimum Gasteiger partial charge on any atom is -0.394 e. The number of halogens is 1. The minimum atomic E-state index is -0.849. The Morgan fingerprint density at radius 2 is 2.26 bits per heavy atom. The normalized spacial score (nSPS) is 36.6. The first-order valence-electron chi connectivity index (χ1n) is 8.00. The fourth-order valence-electron chi connectivity index (χ4n) is 3.94. The summed E-state index contributed by atoms with van der Waals surface area (Å²) in [6.07, 6.45) is 2.49. The van der Waals surface area contributed by atoms with E-state index in [0.29, 0.717) is 6.54 Å². The van der Waals surface area contributed by atoms with Crippen molar-refractivity contribution in [2.24, 2.45) is 5.92 Å². The zero-order chi connectivity index (χ0) is 15.7. The molecule has 2 heterocycles. The summed E-state index contributed by atoms with van der Waals surface area (Å²) in [5.41, 5.74) is 0. The molecule has 8 heteroatoms. The zero-order valence-electron chi connectivity index (χ0n) is 12.9. The number of amides is 1. The van der Waals surface area contributed by atoms with E-state index in [0.717, 1.165) is 25.7 Å². The first-order chi connectivity index (χ1) is 10.6. The fourth-order valence-corrected chi connectivity index (χ4v) is 3.94. The van der Waals surface area contributed by atoms with E-state index in [-0.39, 0.29) is 61.7 Å². The van der Waals surface area contributed by atoms with Crippen LogP contribution in [0.3, 0.4) is 0 Å². The summed E-state index contributed by atoms with van der Waals surface area (Å²) >= 11 is 0. The maximum atomic E-state index is 12.6. The molecular formula is C15H24ClN3O4. The number of nitrogens with one attached hydrogen (secondary N) is 1. The molecule has 23 heavy (non-hydrogen) atoms. The second kappa shape index (κ2) is 7.77. The molecular weight excluding hydrogens is 322 g/mol. The van der Waals surface area contributed by atoms with Crippen molar-refractivity contribution in [3.63, 3.8) is 0 Å². The lowest BCUT2D eigenvalue weighted by Gasteiger charge is -2.32. The Morgan fingerprint density at radius 1 is 1.48 bits per heavy atom. The third-order valence-electron chi connectivity index (χ3n) is 5.07. The Balaban J connectivity index is 0.00000192. The summed E-state index contributed by atoms with van der Waals surface area (Å²) in [6.45, 7) is 0.489. The lowest BCUT2D eigenvalue weighted by Crippen LogP contribution is -2.54. The van der Waals surface area contributed by atoms with Gasteiger partial charge in [0.05, 0.1) is 31.4 Å². The standard InChI is InChI=1S/C15H23N3O4.ClH/c16-6-10-2-1-3-18(10)15(21)14-9-4-12(17-14)13(5-9)22-8-11(20)7-19;/h9-14,17,19-20H,1-5,7-8H2;1H/t9-,10-,11+,12+,13+,14-;/m0./s1. The van der Waals surface area contributed by atoms with Crippen LogP contribution in [0.4, 0.5) is 0 Å². The van der Waals surface area contributed by atoms with Crippen molar-refractivity contribution < 1.29 is 19.7 Å². The number of aliphatic hydroxyl groups excluding tert-OH is 2. The molecule has 0 spiro atoms. The number of nitrogens with zero attached hydrogens (tertiary/aromatic N) is 2. The van der Waals surface area contributed by atoms with E-state index < -0.39 is 6.10 Å². The molecule has 3 N–H and O–H groups in total. The van der Waals surface area contributed by atoms with Gasteiger partial charge in [0.2, 0.25) is 5.91 Å². The first-order valence-corrected chi connectivity index (χ1v) is 8.00. The third-order valence-corrected chi connectivity index (χ3v) is 5.07. The Bertz CT molecular complexity index is 472. The summed E-state index contributed by atoms with van der Waals surface area (Å²) in [4.78, 5) is 14.3. The molecule has 0 unspecified atom stereocenters. The van der Waals surface area contributed by atoms with E-state index in [1.807, 2.05) is 0 Å². The molecule has 0 aromatic heterocycles. The van der Waals surface area contributed by atoms with Crippen LogP contribution in [0.25, 0.3) is 0 Å². The minimum absolute atomic E-state index is 0. The van der Waals surface area contributed by atoms with Gasteiger partial charge in [0.25, 0.3) is 0 Å². The Hall–Kier alpha value is -0.910. The van der Waals surface area contributed by atoms with Gasteiger partial charge in [-0.1, -0.05) is 0 Å². The highest BCUT2D eigenvalue weighted by atomic mass is 35.5. The van der Waals surface area contributed by atoms with Crippen LogP contribution in [0.5, 0.6) is 0 Å². The number of nitriles is 1. The highest BCUT2D eigenvalue weighted by Crippen LogP contribution is 2.38. The van der Waals surface area contributed by atoms with Crippen LogP contribution in [0.2, 0.25) is 0 Å². The lowest BCUT2D eigenvalue weighted by molar-refractivity contribution is -0.135. The van der Waals surface area contributed by atoms with Crippen LogP contribution in [0, 0.1) is 17.2 Å². The Morgan fingerprint density at radius 3 is 2.87 bits per heavy atom. The van der Waals surface area contributed by atoms with Gasteiger partial charge in [-0.05, 0) is 31.6 Å². The molecule has 1 saturated carbocycles. The van der Waals surface area contributed by atoms with Crippen molar-refractivity contribution in [2.75, 3.05) is 19.8 Å². The van der Waals surface area contributed by atoms with Crippen LogP contribution < -0.4 is 5.32 Å². The van der Waals surface area contributed by atoms with Crippen LogP contribution in [0.1, 0.15) is 25.7 Å². The van der Waals surface area contributed by atoms with E-state index >= 15 is 0 Å². The van der Waals surface area contributed by atoms with Crippen molar-refractivity contribution in [3.05, 3.63) is 0 Å². The summed E-state index contributed by atoms with van der Waals surface area (Å²) in [6, 6.07) is 1.85. The van der Waals surface area contributed by atoms with Gasteiger partial charge in [-0.25, -0.2) is 0 Å². The maximum absolute atomic E-state index is 12.6. The predicted octanol–water partition coefficient (Wildman–Crippen LogP) is -0.588. The highest BCUT2D eigenvalue weighted by Gasteiger charge is 2.50. The van der Waals surface area contributed by atoms with Gasteiger partial charge in [-0.3, -0.25) is 4.79 Å². The molecule has 2 saturated heterocycles. The third kappa shape index (κ3) is 3.62. The Labute approximate surface area is 142 Å². The molecule has 0 aromatic rings. The van der Waals surface area contributed by atoms with E-state index in [1.54, 1.807) is 4.90 Å². The average molecular weight is 346 g/mol. The molecule has 3 aliphatic rings. The van der Waals surface area contributed by atoms with Gasteiger partial charge in [0.1, 0.15) is 12.1 Å². The first kappa shape index (κ1) is 18.4. The molecule has 2 aliphatic heterocycles. The summed E-state index contributed by atoms with van der Waals surface area (Å²) in [5, 5.41) is 30.6. The molecule has 3 fully saturated rings. The molecule has 7 nitrogen and oxygen atoms in total. The monoisotopic (exact) mass is 345 g/mol. The highest BCUT2D eigenvalue weighted by molar-refractivity contribution is 5.85. The molecule has 3 rings (SSSR count). The topological polar surface area (TPSA) is 106 Å². The number of hydrogen-bond acceptors (Lipinski definition) is 6. The molecule has 0 radical (unpaired) electrons. The van der Waals surface area contributed by atoms with E-state index in [1.165, 1.54) is 0 Å². The lowest BCUT2D eigenvalue weighted by atomic mass is 9.97. The number of rotatable bonds is 5. The molecule has 6 atom stereocenters. The van der Waals surface area contributed by atoms with Crippen molar-refractivity contribution >= 4 is 18.3 Å². The molecule has 2 bridgehead atoms. The van der Waals surface area contributed by atoms with Crippen molar-refractivity contribution in [1.29, 1.82) is 5.26 Å². The number of carbonyl (C=O) groups excluding carboxylic acids is 1. The number of aliphatic hydroxyl groups is 2. The van der Waals surface area contributed by atoms with Gasteiger partial charge in [-0.2, -0.15) is 5.26 Å². The molecule has 0 aromatic carbocycles. The van der Waals surface area contributed by atoms with Crippen LogP contribution in [-0.4, -0.2) is 71.1 Å². The van der Waals surface area contributed by atoms with Crippen molar-refractivity contribution in [1.82, 2.24) is 10.2 Å².